The van der Waals surface area contributed by atoms with Crippen LogP contribution in [-0.2, 0) is 6.61 Å². The van der Waals surface area contributed by atoms with Crippen molar-refractivity contribution in [3.63, 3.8) is 0 Å². The fourth-order valence-electron chi connectivity index (χ4n) is 3.05. The molecule has 1 aliphatic heterocycles. The molecule has 1 aliphatic carbocycles. The van der Waals surface area contributed by atoms with Crippen molar-refractivity contribution in [1.82, 2.24) is 4.98 Å². The third-order valence-electron chi connectivity index (χ3n) is 4.25. The van der Waals surface area contributed by atoms with Gasteiger partial charge in [0.15, 0.2) is 11.5 Å². The Labute approximate surface area is 134 Å². The average molecular weight is 317 g/mol. The minimum Gasteiger partial charge on any atom is -0.487 e. The number of hydrogen-bond acceptors (Lipinski definition) is 5. The van der Waals surface area contributed by atoms with Crippen molar-refractivity contribution in [3.05, 3.63) is 34.3 Å². The Hall–Kier alpha value is -1.75. The van der Waals surface area contributed by atoms with E-state index in [0.29, 0.717) is 12.5 Å². The number of aromatic nitrogens is 1. The SMILES string of the molecule is c1cc2c(cc1OCc1csc(C3CCCCC3)n1)OCO2. The Bertz CT molecular complexity index is 649. The van der Waals surface area contributed by atoms with E-state index in [1.165, 1.54) is 37.1 Å². The molecule has 0 spiro atoms. The van der Waals surface area contributed by atoms with Crippen molar-refractivity contribution in [2.75, 3.05) is 6.79 Å². The van der Waals surface area contributed by atoms with Gasteiger partial charge in [0.1, 0.15) is 12.4 Å². The molecule has 4 nitrogen and oxygen atoms in total. The predicted octanol–water partition coefficient (Wildman–Crippen LogP) is 4.50. The molecule has 0 N–H and O–H groups in total. The lowest BCUT2D eigenvalue weighted by atomic mass is 9.90. The third-order valence-corrected chi connectivity index (χ3v) is 5.31. The topological polar surface area (TPSA) is 40.6 Å². The highest BCUT2D eigenvalue weighted by atomic mass is 32.1. The Morgan fingerprint density at radius 1 is 1.14 bits per heavy atom. The van der Waals surface area contributed by atoms with E-state index in [9.17, 15) is 0 Å². The van der Waals surface area contributed by atoms with Crippen LogP contribution in [0.1, 0.15) is 48.7 Å². The van der Waals surface area contributed by atoms with Crippen LogP contribution >= 0.6 is 11.3 Å². The summed E-state index contributed by atoms with van der Waals surface area (Å²) < 4.78 is 16.5. The first-order valence-electron chi connectivity index (χ1n) is 7.85. The van der Waals surface area contributed by atoms with E-state index in [4.69, 9.17) is 19.2 Å². The standard InChI is InChI=1S/C17H19NO3S/c1-2-4-12(5-3-1)17-18-13(10-22-17)9-19-14-6-7-15-16(8-14)21-11-20-15/h6-8,10,12H,1-5,9,11H2. The molecule has 1 saturated carbocycles. The molecule has 2 aromatic rings. The minimum absolute atomic E-state index is 0.287. The quantitative estimate of drug-likeness (QED) is 0.832. The van der Waals surface area contributed by atoms with E-state index in [1.54, 1.807) is 11.3 Å². The zero-order valence-corrected chi connectivity index (χ0v) is 13.2. The summed E-state index contributed by atoms with van der Waals surface area (Å²) in [6, 6.07) is 5.66. The van der Waals surface area contributed by atoms with E-state index in [1.807, 2.05) is 18.2 Å². The van der Waals surface area contributed by atoms with Gasteiger partial charge in [-0.2, -0.15) is 0 Å². The van der Waals surface area contributed by atoms with Gasteiger partial charge in [-0.1, -0.05) is 19.3 Å². The number of thiazole rings is 1. The fraction of sp³-hybridized carbons (Fsp3) is 0.471. The molecule has 22 heavy (non-hydrogen) atoms. The average Bonchev–Trinajstić information content (AvgIpc) is 3.22. The maximum atomic E-state index is 5.83. The van der Waals surface area contributed by atoms with Crippen molar-refractivity contribution in [2.45, 2.75) is 44.6 Å². The molecule has 1 aromatic carbocycles. The second-order valence-electron chi connectivity index (χ2n) is 5.82. The number of hydrogen-bond donors (Lipinski definition) is 0. The molecule has 0 radical (unpaired) electrons. The summed E-state index contributed by atoms with van der Waals surface area (Å²) in [5, 5.41) is 3.40. The van der Waals surface area contributed by atoms with Crippen LogP contribution < -0.4 is 14.2 Å². The molecule has 5 heteroatoms. The molecule has 0 amide bonds. The maximum absolute atomic E-state index is 5.83. The number of ether oxygens (including phenoxy) is 3. The van der Waals surface area contributed by atoms with Gasteiger partial charge in [-0.3, -0.25) is 0 Å². The Morgan fingerprint density at radius 3 is 2.91 bits per heavy atom. The highest BCUT2D eigenvalue weighted by Gasteiger charge is 2.19. The number of fused-ring (bicyclic) bond motifs is 1. The lowest BCUT2D eigenvalue weighted by Gasteiger charge is -2.18. The van der Waals surface area contributed by atoms with Crippen LogP contribution in [0.15, 0.2) is 23.6 Å². The summed E-state index contributed by atoms with van der Waals surface area (Å²) in [6.45, 7) is 0.790. The summed E-state index contributed by atoms with van der Waals surface area (Å²) in [7, 11) is 0. The first-order chi connectivity index (χ1) is 10.9. The summed E-state index contributed by atoms with van der Waals surface area (Å²) in [5.74, 6) is 2.98. The van der Waals surface area contributed by atoms with Crippen molar-refractivity contribution < 1.29 is 14.2 Å². The number of nitrogens with zero attached hydrogens (tertiary/aromatic N) is 1. The molecule has 4 rings (SSSR count). The van der Waals surface area contributed by atoms with E-state index >= 15 is 0 Å². The van der Waals surface area contributed by atoms with E-state index in [0.717, 1.165) is 22.9 Å². The predicted molar refractivity (Wildman–Crippen MR) is 84.8 cm³/mol. The zero-order valence-electron chi connectivity index (χ0n) is 12.4. The Balaban J connectivity index is 1.38. The molecule has 2 aliphatic rings. The second kappa shape index (κ2) is 6.16. The normalized spacial score (nSPS) is 17.6. The van der Waals surface area contributed by atoms with Crippen molar-refractivity contribution in [3.8, 4) is 17.2 Å². The first kappa shape index (κ1) is 13.9. The monoisotopic (exact) mass is 317 g/mol. The smallest absolute Gasteiger partial charge is 0.231 e. The van der Waals surface area contributed by atoms with Gasteiger partial charge in [0.25, 0.3) is 0 Å². The molecule has 0 atom stereocenters. The van der Waals surface area contributed by atoms with Crippen molar-refractivity contribution >= 4 is 11.3 Å². The maximum Gasteiger partial charge on any atom is 0.231 e. The third kappa shape index (κ3) is 2.90. The van der Waals surface area contributed by atoms with Crippen LogP contribution in [0, 0.1) is 0 Å². The highest BCUT2D eigenvalue weighted by Crippen LogP contribution is 2.36. The van der Waals surface area contributed by atoms with Crippen molar-refractivity contribution in [2.24, 2.45) is 0 Å². The summed E-state index contributed by atoms with van der Waals surface area (Å²) in [5.41, 5.74) is 1.02. The summed E-state index contributed by atoms with van der Waals surface area (Å²) >= 11 is 1.78. The van der Waals surface area contributed by atoms with Gasteiger partial charge < -0.3 is 14.2 Å². The fourth-order valence-corrected chi connectivity index (χ4v) is 4.03. The Morgan fingerprint density at radius 2 is 2.00 bits per heavy atom. The molecule has 0 bridgehead atoms. The largest absolute Gasteiger partial charge is 0.487 e. The van der Waals surface area contributed by atoms with Crippen LogP contribution in [0.25, 0.3) is 0 Å². The number of benzene rings is 1. The molecular formula is C17H19NO3S. The van der Waals surface area contributed by atoms with E-state index < -0.39 is 0 Å². The molecule has 1 aromatic heterocycles. The van der Waals surface area contributed by atoms with E-state index in [2.05, 4.69) is 5.38 Å². The molecule has 2 heterocycles. The first-order valence-corrected chi connectivity index (χ1v) is 8.73. The molecule has 1 fully saturated rings. The van der Waals surface area contributed by atoms with E-state index in [-0.39, 0.29) is 6.79 Å². The highest BCUT2D eigenvalue weighted by molar-refractivity contribution is 7.09. The molecular weight excluding hydrogens is 298 g/mol. The van der Waals surface area contributed by atoms with Crippen LogP contribution in [0.5, 0.6) is 17.2 Å². The van der Waals surface area contributed by atoms with Crippen LogP contribution in [0.3, 0.4) is 0 Å². The minimum atomic E-state index is 0.287. The molecule has 0 unspecified atom stereocenters. The van der Waals surface area contributed by atoms with Crippen LogP contribution in [0.2, 0.25) is 0 Å². The zero-order chi connectivity index (χ0) is 14.8. The lowest BCUT2D eigenvalue weighted by molar-refractivity contribution is 0.173. The summed E-state index contributed by atoms with van der Waals surface area (Å²) in [4.78, 5) is 4.76. The lowest BCUT2D eigenvalue weighted by Crippen LogP contribution is -2.04. The van der Waals surface area contributed by atoms with Gasteiger partial charge >= 0.3 is 0 Å². The molecule has 0 saturated heterocycles. The van der Waals surface area contributed by atoms with Gasteiger partial charge in [-0.25, -0.2) is 4.98 Å². The number of rotatable bonds is 4. The van der Waals surface area contributed by atoms with Gasteiger partial charge in [0.05, 0.1) is 10.7 Å². The van der Waals surface area contributed by atoms with Crippen LogP contribution in [0.4, 0.5) is 0 Å². The summed E-state index contributed by atoms with van der Waals surface area (Å²) in [6.07, 6.45) is 6.63. The second-order valence-corrected chi connectivity index (χ2v) is 6.71. The van der Waals surface area contributed by atoms with Gasteiger partial charge in [-0.15, -0.1) is 11.3 Å². The van der Waals surface area contributed by atoms with Crippen LogP contribution in [-0.4, -0.2) is 11.8 Å². The van der Waals surface area contributed by atoms with Crippen molar-refractivity contribution in [1.29, 1.82) is 0 Å². The van der Waals surface area contributed by atoms with Gasteiger partial charge in [-0.05, 0) is 25.0 Å². The van der Waals surface area contributed by atoms with Gasteiger partial charge in [0.2, 0.25) is 6.79 Å². The molecule has 116 valence electrons. The van der Waals surface area contributed by atoms with Gasteiger partial charge in [0, 0.05) is 17.4 Å². The Kier molecular flexibility index (Phi) is 3.89.